The number of piperazine rings is 1. The van der Waals surface area contributed by atoms with Crippen LogP contribution < -0.4 is 10.5 Å². The minimum absolute atomic E-state index is 0.0956. The number of hydrogen-bond donors (Lipinski definition) is 1. The summed E-state index contributed by atoms with van der Waals surface area (Å²) in [6.45, 7) is 4.36. The fourth-order valence-corrected chi connectivity index (χ4v) is 2.46. The fourth-order valence-electron chi connectivity index (χ4n) is 1.83. The monoisotopic (exact) mass is 348 g/mol. The van der Waals surface area contributed by atoms with Crippen molar-refractivity contribution in [1.29, 1.82) is 0 Å². The summed E-state index contributed by atoms with van der Waals surface area (Å²) in [5.74, 6) is 0.802. The maximum atomic E-state index is 11.5. The quantitative estimate of drug-likeness (QED) is 0.728. The molecule has 1 aliphatic rings. The van der Waals surface area contributed by atoms with Crippen LogP contribution in [-0.4, -0.2) is 47.0 Å². The molecule has 6 nitrogen and oxygen atoms in total. The molecule has 1 N–H and O–H groups in total. The summed E-state index contributed by atoms with van der Waals surface area (Å²) in [7, 11) is 0. The van der Waals surface area contributed by atoms with E-state index in [1.807, 2.05) is 27.5 Å². The van der Waals surface area contributed by atoms with E-state index < -0.39 is 0 Å². The van der Waals surface area contributed by atoms with E-state index in [0.29, 0.717) is 35.6 Å². The van der Waals surface area contributed by atoms with Gasteiger partial charge in [-0.15, -0.1) is 0 Å². The highest BCUT2D eigenvalue weighted by Crippen LogP contribution is 2.17. The third-order valence-electron chi connectivity index (χ3n) is 2.80. The molecule has 2 rings (SSSR count). The van der Waals surface area contributed by atoms with Gasteiger partial charge in [-0.05, 0) is 22.6 Å². The Kier molecular flexibility index (Phi) is 3.65. The van der Waals surface area contributed by atoms with Crippen LogP contribution in [0.1, 0.15) is 6.92 Å². The summed E-state index contributed by atoms with van der Waals surface area (Å²) < 4.78 is 0.598. The van der Waals surface area contributed by atoms with E-state index in [-0.39, 0.29) is 11.5 Å². The molecule has 2 heterocycles. The molecule has 0 atom stereocenters. The zero-order valence-corrected chi connectivity index (χ0v) is 11.6. The summed E-state index contributed by atoms with van der Waals surface area (Å²) in [6, 6.07) is 0. The van der Waals surface area contributed by atoms with Gasteiger partial charge in [0, 0.05) is 33.1 Å². The van der Waals surface area contributed by atoms with Gasteiger partial charge in [-0.2, -0.15) is 0 Å². The summed E-state index contributed by atoms with van der Waals surface area (Å²) in [5, 5.41) is 0. The molecule has 1 amide bonds. The Morgan fingerprint density at radius 3 is 2.65 bits per heavy atom. The Balaban J connectivity index is 2.13. The van der Waals surface area contributed by atoms with Gasteiger partial charge < -0.3 is 14.8 Å². The summed E-state index contributed by atoms with van der Waals surface area (Å²) >= 11 is 2.00. The number of carbonyl (C=O) groups excluding carboxylic acids is 1. The second kappa shape index (κ2) is 5.03. The van der Waals surface area contributed by atoms with Gasteiger partial charge in [-0.1, -0.05) is 0 Å². The number of halogens is 1. The summed E-state index contributed by atoms with van der Waals surface area (Å²) in [4.78, 5) is 33.2. The number of nitrogens with zero attached hydrogens (tertiary/aromatic N) is 3. The van der Waals surface area contributed by atoms with Gasteiger partial charge in [0.25, 0.3) is 5.56 Å². The largest absolute Gasteiger partial charge is 0.352 e. The third-order valence-corrected chi connectivity index (χ3v) is 3.77. The first-order valence-corrected chi connectivity index (χ1v) is 6.41. The van der Waals surface area contributed by atoms with Gasteiger partial charge >= 0.3 is 0 Å². The van der Waals surface area contributed by atoms with Crippen molar-refractivity contribution in [3.63, 3.8) is 0 Å². The number of anilines is 1. The maximum absolute atomic E-state index is 11.5. The number of carbonyl (C=O) groups is 1. The Morgan fingerprint density at radius 1 is 1.41 bits per heavy atom. The second-order valence-corrected chi connectivity index (χ2v) is 4.94. The number of H-pyrrole nitrogens is 1. The van der Waals surface area contributed by atoms with Crippen LogP contribution in [0.5, 0.6) is 0 Å². The van der Waals surface area contributed by atoms with Crippen molar-refractivity contribution in [3.8, 4) is 0 Å². The number of nitrogens with one attached hydrogen (secondary N) is 1. The molecule has 0 aliphatic carbocycles. The molecular formula is C10H13IN4O2. The molecule has 0 spiro atoms. The van der Waals surface area contributed by atoms with E-state index in [1.54, 1.807) is 11.8 Å². The molecule has 1 saturated heterocycles. The highest BCUT2D eigenvalue weighted by atomic mass is 127. The van der Waals surface area contributed by atoms with E-state index in [1.165, 1.54) is 6.33 Å². The van der Waals surface area contributed by atoms with Crippen molar-refractivity contribution in [2.75, 3.05) is 31.1 Å². The van der Waals surface area contributed by atoms with Crippen molar-refractivity contribution >= 4 is 34.3 Å². The van der Waals surface area contributed by atoms with Gasteiger partial charge in [0.15, 0.2) is 0 Å². The Labute approximate surface area is 112 Å². The summed E-state index contributed by atoms with van der Waals surface area (Å²) in [6.07, 6.45) is 1.41. The second-order valence-electron chi connectivity index (χ2n) is 3.86. The van der Waals surface area contributed by atoms with Crippen LogP contribution in [0.15, 0.2) is 11.1 Å². The van der Waals surface area contributed by atoms with Crippen LogP contribution in [0.3, 0.4) is 0 Å². The predicted molar refractivity (Wildman–Crippen MR) is 72.0 cm³/mol. The number of aromatic amines is 1. The van der Waals surface area contributed by atoms with Crippen LogP contribution in [0.4, 0.5) is 5.82 Å². The normalized spacial score (nSPS) is 16.1. The molecule has 17 heavy (non-hydrogen) atoms. The molecule has 1 aromatic heterocycles. The molecular weight excluding hydrogens is 335 g/mol. The Morgan fingerprint density at radius 2 is 2.06 bits per heavy atom. The van der Waals surface area contributed by atoms with Crippen LogP contribution in [0.25, 0.3) is 0 Å². The topological polar surface area (TPSA) is 69.3 Å². The van der Waals surface area contributed by atoms with Crippen LogP contribution in [0.2, 0.25) is 0 Å². The van der Waals surface area contributed by atoms with Crippen LogP contribution in [0, 0.1) is 3.57 Å². The minimum Gasteiger partial charge on any atom is -0.352 e. The lowest BCUT2D eigenvalue weighted by molar-refractivity contribution is -0.129. The van der Waals surface area contributed by atoms with Crippen molar-refractivity contribution in [1.82, 2.24) is 14.9 Å². The molecule has 0 aromatic carbocycles. The molecule has 92 valence electrons. The zero-order valence-electron chi connectivity index (χ0n) is 9.44. The molecule has 1 fully saturated rings. The van der Waals surface area contributed by atoms with E-state index in [0.717, 1.165) is 0 Å². The number of amides is 1. The minimum atomic E-state index is -0.121. The zero-order chi connectivity index (χ0) is 12.4. The first kappa shape index (κ1) is 12.3. The van der Waals surface area contributed by atoms with Crippen molar-refractivity contribution in [2.24, 2.45) is 0 Å². The van der Waals surface area contributed by atoms with Gasteiger partial charge in [-0.3, -0.25) is 9.59 Å². The lowest BCUT2D eigenvalue weighted by Crippen LogP contribution is -2.48. The van der Waals surface area contributed by atoms with Gasteiger partial charge in [0.2, 0.25) is 5.91 Å². The van der Waals surface area contributed by atoms with E-state index in [4.69, 9.17) is 0 Å². The lowest BCUT2D eigenvalue weighted by atomic mass is 10.3. The molecule has 0 unspecified atom stereocenters. The lowest BCUT2D eigenvalue weighted by Gasteiger charge is -2.35. The average Bonchev–Trinajstić information content (AvgIpc) is 2.33. The number of rotatable bonds is 1. The van der Waals surface area contributed by atoms with Crippen LogP contribution >= 0.6 is 22.6 Å². The van der Waals surface area contributed by atoms with Crippen molar-refractivity contribution in [3.05, 3.63) is 20.3 Å². The molecule has 0 saturated carbocycles. The van der Waals surface area contributed by atoms with Gasteiger partial charge in [0.05, 0.1) is 6.33 Å². The number of hydrogen-bond acceptors (Lipinski definition) is 4. The number of aromatic nitrogens is 2. The van der Waals surface area contributed by atoms with E-state index in [9.17, 15) is 9.59 Å². The predicted octanol–water partition coefficient (Wildman–Crippen LogP) is 0.0430. The Hall–Kier alpha value is -1.12. The Bertz CT molecular complexity index is 479. The average molecular weight is 348 g/mol. The molecule has 0 radical (unpaired) electrons. The van der Waals surface area contributed by atoms with Crippen molar-refractivity contribution < 1.29 is 4.79 Å². The first-order valence-electron chi connectivity index (χ1n) is 5.33. The van der Waals surface area contributed by atoms with Crippen LogP contribution in [-0.2, 0) is 4.79 Å². The first-order chi connectivity index (χ1) is 8.09. The SMILES string of the molecule is CC(=O)N1CCN(c2nc[nH]c(=O)c2I)CC1. The smallest absolute Gasteiger partial charge is 0.266 e. The molecule has 0 bridgehead atoms. The highest BCUT2D eigenvalue weighted by Gasteiger charge is 2.21. The van der Waals surface area contributed by atoms with E-state index in [2.05, 4.69) is 9.97 Å². The van der Waals surface area contributed by atoms with E-state index >= 15 is 0 Å². The third kappa shape index (κ3) is 2.59. The molecule has 1 aromatic rings. The highest BCUT2D eigenvalue weighted by molar-refractivity contribution is 14.1. The van der Waals surface area contributed by atoms with Gasteiger partial charge in [0.1, 0.15) is 9.39 Å². The molecule has 7 heteroatoms. The summed E-state index contributed by atoms with van der Waals surface area (Å²) in [5.41, 5.74) is -0.121. The maximum Gasteiger partial charge on any atom is 0.266 e. The van der Waals surface area contributed by atoms with Gasteiger partial charge in [-0.25, -0.2) is 4.98 Å². The van der Waals surface area contributed by atoms with Crippen molar-refractivity contribution in [2.45, 2.75) is 6.92 Å². The fraction of sp³-hybridized carbons (Fsp3) is 0.500. The molecule has 1 aliphatic heterocycles. The standard InChI is InChI=1S/C10H13IN4O2/c1-7(16)14-2-4-15(5-3-14)9-8(11)10(17)13-6-12-9/h6H,2-5H2,1H3,(H,12,13,17).